The average Bonchev–Trinajstić information content (AvgIpc) is 2.66. The molecule has 1 heterocycles. The van der Waals surface area contributed by atoms with Crippen molar-refractivity contribution < 1.29 is 14.2 Å². The first-order chi connectivity index (χ1) is 12.2. The zero-order valence-corrected chi connectivity index (χ0v) is 15.5. The number of methoxy groups -OCH3 is 3. The second kappa shape index (κ2) is 7.61. The molecule has 0 saturated carbocycles. The van der Waals surface area contributed by atoms with E-state index in [9.17, 15) is 0 Å². The van der Waals surface area contributed by atoms with Crippen LogP contribution in [0.25, 0.3) is 0 Å². The lowest BCUT2D eigenvalue weighted by Crippen LogP contribution is -2.38. The molecule has 0 radical (unpaired) electrons. The molecule has 5 nitrogen and oxygen atoms in total. The number of thiocarbonyl (C=S) groups is 1. The highest BCUT2D eigenvalue weighted by Crippen LogP contribution is 2.40. The predicted octanol–water partition coefficient (Wildman–Crippen LogP) is 3.47. The van der Waals surface area contributed by atoms with Crippen molar-refractivity contribution in [1.82, 2.24) is 4.90 Å². The summed E-state index contributed by atoms with van der Waals surface area (Å²) in [5.41, 5.74) is 3.52. The summed E-state index contributed by atoms with van der Waals surface area (Å²) in [5, 5.41) is 3.97. The second-order valence-electron chi connectivity index (χ2n) is 5.78. The minimum atomic E-state index is 0.563. The van der Waals surface area contributed by atoms with Crippen molar-refractivity contribution in [1.29, 1.82) is 0 Å². The van der Waals surface area contributed by atoms with Crippen molar-refractivity contribution in [2.45, 2.75) is 13.0 Å². The van der Waals surface area contributed by atoms with E-state index in [1.54, 1.807) is 21.3 Å². The number of rotatable bonds is 4. The van der Waals surface area contributed by atoms with E-state index in [0.717, 1.165) is 25.2 Å². The van der Waals surface area contributed by atoms with Crippen LogP contribution in [0.3, 0.4) is 0 Å². The van der Waals surface area contributed by atoms with Crippen LogP contribution in [0.2, 0.25) is 0 Å². The summed E-state index contributed by atoms with van der Waals surface area (Å²) >= 11 is 5.61. The van der Waals surface area contributed by atoms with E-state index >= 15 is 0 Å². The molecule has 1 aliphatic rings. The fraction of sp³-hybridized carbons (Fsp3) is 0.316. The lowest BCUT2D eigenvalue weighted by atomic mass is 10.0. The molecule has 0 bridgehead atoms. The Kier molecular flexibility index (Phi) is 5.28. The van der Waals surface area contributed by atoms with Gasteiger partial charge in [-0.1, -0.05) is 24.3 Å². The lowest BCUT2D eigenvalue weighted by Gasteiger charge is -2.31. The monoisotopic (exact) mass is 358 g/mol. The largest absolute Gasteiger partial charge is 0.493 e. The Balaban J connectivity index is 1.77. The molecule has 0 amide bonds. The van der Waals surface area contributed by atoms with E-state index in [0.29, 0.717) is 22.4 Å². The SMILES string of the molecule is COc1cc(NC(=S)N2CCc3ccccc3C2)cc(OC)c1OC. The lowest BCUT2D eigenvalue weighted by molar-refractivity contribution is 0.324. The number of fused-ring (bicyclic) bond motifs is 1. The van der Waals surface area contributed by atoms with Gasteiger partial charge in [-0.25, -0.2) is 0 Å². The van der Waals surface area contributed by atoms with E-state index in [4.69, 9.17) is 26.4 Å². The van der Waals surface area contributed by atoms with Gasteiger partial charge in [0.25, 0.3) is 0 Å². The quantitative estimate of drug-likeness (QED) is 0.845. The normalized spacial score (nSPS) is 13.0. The molecule has 0 aromatic heterocycles. The maximum absolute atomic E-state index is 5.61. The van der Waals surface area contributed by atoms with Crippen molar-refractivity contribution in [3.8, 4) is 17.2 Å². The summed E-state index contributed by atoms with van der Waals surface area (Å²) in [6.07, 6.45) is 0.993. The van der Waals surface area contributed by atoms with Crippen molar-refractivity contribution in [2.75, 3.05) is 33.2 Å². The zero-order valence-electron chi connectivity index (χ0n) is 14.7. The fourth-order valence-corrected chi connectivity index (χ4v) is 3.30. The first-order valence-electron chi connectivity index (χ1n) is 8.09. The first-order valence-corrected chi connectivity index (χ1v) is 8.49. The molecule has 0 saturated heterocycles. The number of anilines is 1. The van der Waals surface area contributed by atoms with E-state index in [2.05, 4.69) is 34.5 Å². The summed E-state index contributed by atoms with van der Waals surface area (Å²) in [4.78, 5) is 2.17. The van der Waals surface area contributed by atoms with E-state index in [1.165, 1.54) is 11.1 Å². The van der Waals surface area contributed by atoms with Gasteiger partial charge in [-0.2, -0.15) is 0 Å². The number of nitrogens with zero attached hydrogens (tertiary/aromatic N) is 1. The summed E-state index contributed by atoms with van der Waals surface area (Å²) < 4.78 is 16.1. The maximum Gasteiger partial charge on any atom is 0.203 e. The molecule has 132 valence electrons. The van der Waals surface area contributed by atoms with E-state index in [1.807, 2.05) is 12.1 Å². The Labute approximate surface area is 153 Å². The molecular weight excluding hydrogens is 336 g/mol. The van der Waals surface area contributed by atoms with Gasteiger partial charge in [0, 0.05) is 30.9 Å². The predicted molar refractivity (Wildman–Crippen MR) is 103 cm³/mol. The molecule has 0 unspecified atom stereocenters. The van der Waals surface area contributed by atoms with Crippen LogP contribution in [-0.2, 0) is 13.0 Å². The molecular formula is C19H22N2O3S. The van der Waals surface area contributed by atoms with Gasteiger partial charge in [0.1, 0.15) is 0 Å². The van der Waals surface area contributed by atoms with Gasteiger partial charge < -0.3 is 24.4 Å². The summed E-state index contributed by atoms with van der Waals surface area (Å²) in [6, 6.07) is 12.2. The second-order valence-corrected chi connectivity index (χ2v) is 6.17. The highest BCUT2D eigenvalue weighted by atomic mass is 32.1. The minimum absolute atomic E-state index is 0.563. The molecule has 0 aliphatic carbocycles. The number of benzene rings is 2. The van der Waals surface area contributed by atoms with Crippen LogP contribution in [-0.4, -0.2) is 37.9 Å². The van der Waals surface area contributed by atoms with Gasteiger partial charge in [-0.3, -0.25) is 0 Å². The van der Waals surface area contributed by atoms with Gasteiger partial charge in [-0.05, 0) is 29.8 Å². The third-order valence-electron chi connectivity index (χ3n) is 4.33. The summed E-state index contributed by atoms with van der Waals surface area (Å²) in [5.74, 6) is 1.75. The zero-order chi connectivity index (χ0) is 17.8. The molecule has 0 atom stereocenters. The Morgan fingerprint density at radius 1 is 1.00 bits per heavy atom. The first kappa shape index (κ1) is 17.4. The number of ether oxygens (including phenoxy) is 3. The smallest absolute Gasteiger partial charge is 0.203 e. The molecule has 0 spiro atoms. The summed E-state index contributed by atoms with van der Waals surface area (Å²) in [6.45, 7) is 1.71. The van der Waals surface area contributed by atoms with Crippen LogP contribution in [0.15, 0.2) is 36.4 Å². The highest BCUT2D eigenvalue weighted by Gasteiger charge is 2.19. The Morgan fingerprint density at radius 3 is 2.24 bits per heavy atom. The minimum Gasteiger partial charge on any atom is -0.493 e. The summed E-state index contributed by atoms with van der Waals surface area (Å²) in [7, 11) is 4.78. The Hall–Kier alpha value is -2.47. The number of nitrogens with one attached hydrogen (secondary N) is 1. The van der Waals surface area contributed by atoms with Gasteiger partial charge in [0.15, 0.2) is 16.6 Å². The van der Waals surface area contributed by atoms with Crippen molar-refractivity contribution >= 4 is 23.0 Å². The Bertz CT molecular complexity index is 754. The maximum atomic E-state index is 5.61. The highest BCUT2D eigenvalue weighted by molar-refractivity contribution is 7.80. The van der Waals surface area contributed by atoms with Crippen LogP contribution in [0.1, 0.15) is 11.1 Å². The van der Waals surface area contributed by atoms with Crippen molar-refractivity contribution in [3.05, 3.63) is 47.5 Å². The molecule has 3 rings (SSSR count). The van der Waals surface area contributed by atoms with Crippen molar-refractivity contribution in [3.63, 3.8) is 0 Å². The molecule has 6 heteroatoms. The number of hydrogen-bond acceptors (Lipinski definition) is 4. The van der Waals surface area contributed by atoms with Gasteiger partial charge in [0.05, 0.1) is 21.3 Å². The average molecular weight is 358 g/mol. The molecule has 2 aromatic carbocycles. The van der Waals surface area contributed by atoms with E-state index in [-0.39, 0.29) is 0 Å². The third-order valence-corrected chi connectivity index (χ3v) is 4.69. The van der Waals surface area contributed by atoms with Crippen LogP contribution < -0.4 is 19.5 Å². The molecule has 25 heavy (non-hydrogen) atoms. The van der Waals surface area contributed by atoms with Gasteiger partial charge >= 0.3 is 0 Å². The molecule has 2 aromatic rings. The topological polar surface area (TPSA) is 43.0 Å². The van der Waals surface area contributed by atoms with Crippen LogP contribution >= 0.6 is 12.2 Å². The molecule has 0 fully saturated rings. The van der Waals surface area contributed by atoms with Crippen LogP contribution in [0.5, 0.6) is 17.2 Å². The standard InChI is InChI=1S/C19H22N2O3S/c1-22-16-10-15(11-17(23-2)18(16)24-3)20-19(25)21-9-8-13-6-4-5-7-14(13)12-21/h4-7,10-11H,8-9,12H2,1-3H3,(H,20,25). The Morgan fingerprint density at radius 2 is 1.64 bits per heavy atom. The fourth-order valence-electron chi connectivity index (χ4n) is 3.02. The van der Waals surface area contributed by atoms with Crippen LogP contribution in [0.4, 0.5) is 5.69 Å². The molecule has 1 aliphatic heterocycles. The van der Waals surface area contributed by atoms with Gasteiger partial charge in [0.2, 0.25) is 5.75 Å². The van der Waals surface area contributed by atoms with E-state index < -0.39 is 0 Å². The van der Waals surface area contributed by atoms with Crippen LogP contribution in [0, 0.1) is 0 Å². The molecule has 1 N–H and O–H groups in total. The third kappa shape index (κ3) is 3.64. The van der Waals surface area contributed by atoms with Gasteiger partial charge in [-0.15, -0.1) is 0 Å². The number of hydrogen-bond donors (Lipinski definition) is 1. The van der Waals surface area contributed by atoms with Crippen molar-refractivity contribution in [2.24, 2.45) is 0 Å².